The lowest BCUT2D eigenvalue weighted by atomic mass is 9.79. The van der Waals surface area contributed by atoms with Crippen LogP contribution < -0.4 is 4.90 Å². The molecule has 0 aliphatic heterocycles. The second-order valence-corrected chi connectivity index (χ2v) is 16.6. The summed E-state index contributed by atoms with van der Waals surface area (Å²) in [6, 6.07) is 41.9. The van der Waals surface area contributed by atoms with E-state index in [2.05, 4.69) is 169 Å². The van der Waals surface area contributed by atoms with E-state index in [1.807, 2.05) is 6.07 Å². The Hall–Kier alpha value is -5.28. The molecule has 1 aliphatic rings. The number of fused-ring (bicyclic) bond motifs is 9. The topological polar surface area (TPSA) is 29.5 Å². The second kappa shape index (κ2) is 10.4. The standard InChI is InChI=1S/C47H43NO2/c1-45(2,3)28-26-31-43-37(22-15-25-40(43)50-44(31)34(27-28)46(4,5)6)48(36-21-14-24-39-42(36)30-17-10-12-23-38(30)49-39)35-20-13-19-33-41(35)29-16-9-11-18-32(29)47(33,7)8/h9-27H,1-8H3. The summed E-state index contributed by atoms with van der Waals surface area (Å²) >= 11 is 0. The van der Waals surface area contributed by atoms with E-state index < -0.39 is 0 Å². The predicted molar refractivity (Wildman–Crippen MR) is 211 cm³/mol. The maximum Gasteiger partial charge on any atom is 0.139 e. The first kappa shape index (κ1) is 30.8. The van der Waals surface area contributed by atoms with Crippen molar-refractivity contribution in [3.63, 3.8) is 0 Å². The third-order valence-electron chi connectivity index (χ3n) is 10.9. The summed E-state index contributed by atoms with van der Waals surface area (Å²) in [6.07, 6.45) is 0. The van der Waals surface area contributed by atoms with Crippen LogP contribution in [0.5, 0.6) is 0 Å². The normalized spacial score (nSPS) is 14.2. The predicted octanol–water partition coefficient (Wildman–Crippen LogP) is 13.9. The molecule has 0 saturated carbocycles. The summed E-state index contributed by atoms with van der Waals surface area (Å²) in [7, 11) is 0. The van der Waals surface area contributed by atoms with Crippen LogP contribution in [-0.2, 0) is 16.2 Å². The van der Waals surface area contributed by atoms with Gasteiger partial charge in [-0.15, -0.1) is 0 Å². The molecule has 3 heteroatoms. The summed E-state index contributed by atoms with van der Waals surface area (Å²) in [5.41, 5.74) is 14.4. The number of rotatable bonds is 3. The third kappa shape index (κ3) is 4.35. The van der Waals surface area contributed by atoms with Crippen LogP contribution in [0.4, 0.5) is 17.1 Å². The molecule has 2 heterocycles. The molecule has 0 bridgehead atoms. The first-order valence-corrected chi connectivity index (χ1v) is 17.8. The number of nitrogens with zero attached hydrogens (tertiary/aromatic N) is 1. The lowest BCUT2D eigenvalue weighted by Crippen LogP contribution is -2.16. The van der Waals surface area contributed by atoms with Gasteiger partial charge in [-0.1, -0.05) is 128 Å². The summed E-state index contributed by atoms with van der Waals surface area (Å²) in [6.45, 7) is 18.4. The minimum Gasteiger partial charge on any atom is -0.456 e. The monoisotopic (exact) mass is 653 g/mol. The molecular weight excluding hydrogens is 611 g/mol. The molecule has 1 aliphatic carbocycles. The van der Waals surface area contributed by atoms with Gasteiger partial charge in [0.25, 0.3) is 0 Å². The molecule has 0 unspecified atom stereocenters. The van der Waals surface area contributed by atoms with Crippen molar-refractivity contribution in [2.75, 3.05) is 4.90 Å². The third-order valence-corrected chi connectivity index (χ3v) is 10.9. The van der Waals surface area contributed by atoms with Gasteiger partial charge < -0.3 is 13.7 Å². The van der Waals surface area contributed by atoms with Crippen molar-refractivity contribution >= 4 is 60.9 Å². The first-order valence-electron chi connectivity index (χ1n) is 17.8. The molecule has 9 rings (SSSR count). The van der Waals surface area contributed by atoms with Gasteiger partial charge in [0, 0.05) is 27.3 Å². The van der Waals surface area contributed by atoms with E-state index in [0.717, 1.165) is 60.9 Å². The smallest absolute Gasteiger partial charge is 0.139 e. The number of hydrogen-bond acceptors (Lipinski definition) is 3. The van der Waals surface area contributed by atoms with E-state index >= 15 is 0 Å². The Labute approximate surface area is 294 Å². The molecule has 0 spiro atoms. The average Bonchev–Trinajstić information content (AvgIpc) is 3.73. The Morgan fingerprint density at radius 1 is 0.520 bits per heavy atom. The van der Waals surface area contributed by atoms with E-state index in [1.165, 1.54) is 33.4 Å². The van der Waals surface area contributed by atoms with Crippen LogP contribution in [0.1, 0.15) is 77.6 Å². The zero-order valence-electron chi connectivity index (χ0n) is 30.2. The summed E-state index contributed by atoms with van der Waals surface area (Å²) < 4.78 is 13.4. The summed E-state index contributed by atoms with van der Waals surface area (Å²) in [4.78, 5) is 2.49. The van der Waals surface area contributed by atoms with Gasteiger partial charge in [-0.2, -0.15) is 0 Å². The van der Waals surface area contributed by atoms with Crippen LogP contribution in [0.15, 0.2) is 124 Å². The number of para-hydroxylation sites is 1. The van der Waals surface area contributed by atoms with Gasteiger partial charge in [-0.05, 0) is 75.5 Å². The van der Waals surface area contributed by atoms with Crippen molar-refractivity contribution in [3.8, 4) is 11.1 Å². The first-order chi connectivity index (χ1) is 23.8. The molecule has 0 saturated heterocycles. The van der Waals surface area contributed by atoms with Crippen molar-refractivity contribution in [1.29, 1.82) is 0 Å². The highest BCUT2D eigenvalue weighted by atomic mass is 16.3. The lowest BCUT2D eigenvalue weighted by molar-refractivity contribution is 0.559. The van der Waals surface area contributed by atoms with Crippen LogP contribution in [0.3, 0.4) is 0 Å². The SMILES string of the molecule is CC(C)(C)c1cc(C(C)(C)C)c2oc3cccc(N(c4cccc5c4-c4ccccc4C5(C)C)c4cccc5oc6ccccc6c45)c3c2c1. The Morgan fingerprint density at radius 3 is 1.82 bits per heavy atom. The molecule has 50 heavy (non-hydrogen) atoms. The molecular formula is C47H43NO2. The maximum atomic E-state index is 6.92. The van der Waals surface area contributed by atoms with Gasteiger partial charge in [0.15, 0.2) is 0 Å². The van der Waals surface area contributed by atoms with E-state index in [1.54, 1.807) is 0 Å². The lowest BCUT2D eigenvalue weighted by Gasteiger charge is -2.30. The summed E-state index contributed by atoms with van der Waals surface area (Å²) in [5, 5.41) is 4.47. The maximum absolute atomic E-state index is 6.92. The molecule has 2 aromatic heterocycles. The molecule has 0 amide bonds. The van der Waals surface area contributed by atoms with Crippen LogP contribution >= 0.6 is 0 Å². The van der Waals surface area contributed by atoms with Gasteiger partial charge >= 0.3 is 0 Å². The Morgan fingerprint density at radius 2 is 1.10 bits per heavy atom. The molecule has 0 radical (unpaired) electrons. The highest BCUT2D eigenvalue weighted by molar-refractivity contribution is 6.19. The number of furan rings is 2. The molecule has 248 valence electrons. The van der Waals surface area contributed by atoms with Gasteiger partial charge in [0.1, 0.15) is 22.3 Å². The van der Waals surface area contributed by atoms with Crippen LogP contribution in [0.2, 0.25) is 0 Å². The summed E-state index contributed by atoms with van der Waals surface area (Å²) in [5.74, 6) is 0. The van der Waals surface area contributed by atoms with Crippen molar-refractivity contribution in [1.82, 2.24) is 0 Å². The Bertz CT molecular complexity index is 2650. The van der Waals surface area contributed by atoms with Crippen LogP contribution in [0.25, 0.3) is 55.0 Å². The minimum atomic E-state index is -0.139. The fraction of sp³-hybridized carbons (Fsp3) is 0.234. The minimum absolute atomic E-state index is 0.0384. The number of hydrogen-bond donors (Lipinski definition) is 0. The molecule has 0 fully saturated rings. The molecule has 6 aromatic carbocycles. The quantitative estimate of drug-likeness (QED) is 0.190. The molecule has 8 aromatic rings. The number of benzene rings is 6. The fourth-order valence-electron chi connectivity index (χ4n) is 8.34. The number of anilines is 3. The second-order valence-electron chi connectivity index (χ2n) is 16.6. The van der Waals surface area contributed by atoms with E-state index in [4.69, 9.17) is 8.83 Å². The van der Waals surface area contributed by atoms with Gasteiger partial charge in [-0.25, -0.2) is 0 Å². The Kier molecular flexibility index (Phi) is 6.38. The van der Waals surface area contributed by atoms with E-state index in [9.17, 15) is 0 Å². The average molecular weight is 654 g/mol. The fourth-order valence-corrected chi connectivity index (χ4v) is 8.34. The van der Waals surface area contributed by atoms with Crippen molar-refractivity contribution < 1.29 is 8.83 Å². The zero-order chi connectivity index (χ0) is 34.7. The van der Waals surface area contributed by atoms with Gasteiger partial charge in [0.2, 0.25) is 0 Å². The van der Waals surface area contributed by atoms with Gasteiger partial charge in [-0.3, -0.25) is 0 Å². The van der Waals surface area contributed by atoms with Crippen LogP contribution in [-0.4, -0.2) is 0 Å². The molecule has 0 N–H and O–H groups in total. The van der Waals surface area contributed by atoms with E-state index in [-0.39, 0.29) is 16.2 Å². The van der Waals surface area contributed by atoms with Gasteiger partial charge in [0.05, 0.1) is 27.8 Å². The highest BCUT2D eigenvalue weighted by Crippen LogP contribution is 2.56. The largest absolute Gasteiger partial charge is 0.456 e. The zero-order valence-corrected chi connectivity index (χ0v) is 30.2. The van der Waals surface area contributed by atoms with Crippen molar-refractivity contribution in [2.24, 2.45) is 0 Å². The molecule has 3 nitrogen and oxygen atoms in total. The van der Waals surface area contributed by atoms with E-state index in [0.29, 0.717) is 0 Å². The van der Waals surface area contributed by atoms with Crippen LogP contribution in [0, 0.1) is 0 Å². The Balaban J connectivity index is 1.46. The van der Waals surface area contributed by atoms with Crippen molar-refractivity contribution in [3.05, 3.63) is 138 Å². The molecule has 0 atom stereocenters. The highest BCUT2D eigenvalue weighted by Gasteiger charge is 2.38. The van der Waals surface area contributed by atoms with Crippen molar-refractivity contribution in [2.45, 2.75) is 71.6 Å².